The van der Waals surface area contributed by atoms with E-state index < -0.39 is 5.60 Å². The van der Waals surface area contributed by atoms with Gasteiger partial charge in [-0.05, 0) is 18.6 Å². The Bertz CT molecular complexity index is 215. The van der Waals surface area contributed by atoms with Crippen LogP contribution in [0.1, 0.15) is 33.1 Å². The van der Waals surface area contributed by atoms with Gasteiger partial charge in [0.1, 0.15) is 0 Å². The number of likely N-dealkylation sites (tertiary alicyclic amines) is 1. The van der Waals surface area contributed by atoms with Crippen LogP contribution >= 0.6 is 11.8 Å². The normalized spacial score (nSPS) is 18.7. The summed E-state index contributed by atoms with van der Waals surface area (Å²) < 4.78 is 0. The van der Waals surface area contributed by atoms with E-state index in [1.54, 1.807) is 16.7 Å². The minimum atomic E-state index is -0.594. The fourth-order valence-corrected chi connectivity index (χ4v) is 2.56. The maximum atomic E-state index is 11.6. The number of thioether (sulfide) groups is 1. The first-order chi connectivity index (χ1) is 7.11. The summed E-state index contributed by atoms with van der Waals surface area (Å²) >= 11 is 1.70. The van der Waals surface area contributed by atoms with Crippen molar-refractivity contribution >= 4 is 17.7 Å². The van der Waals surface area contributed by atoms with Gasteiger partial charge < -0.3 is 10.0 Å². The molecule has 1 heterocycles. The summed E-state index contributed by atoms with van der Waals surface area (Å²) in [4.78, 5) is 13.3. The van der Waals surface area contributed by atoms with Gasteiger partial charge in [0.25, 0.3) is 0 Å². The van der Waals surface area contributed by atoms with Gasteiger partial charge in [0, 0.05) is 0 Å². The third kappa shape index (κ3) is 3.68. The molecule has 0 bridgehead atoms. The molecule has 0 spiro atoms. The Hall–Kier alpha value is -0.220. The molecule has 0 aromatic rings. The van der Waals surface area contributed by atoms with Gasteiger partial charge in [-0.15, -0.1) is 0 Å². The zero-order chi connectivity index (χ0) is 11.3. The first kappa shape index (κ1) is 12.8. The summed E-state index contributed by atoms with van der Waals surface area (Å²) in [6, 6.07) is 0. The van der Waals surface area contributed by atoms with E-state index in [2.05, 4.69) is 6.92 Å². The van der Waals surface area contributed by atoms with E-state index in [0.717, 1.165) is 12.2 Å². The molecule has 0 aliphatic carbocycles. The molecule has 0 aromatic heterocycles. The topological polar surface area (TPSA) is 40.5 Å². The number of hydrogen-bond donors (Lipinski definition) is 1. The largest absolute Gasteiger partial charge is 0.386 e. The van der Waals surface area contributed by atoms with E-state index in [1.165, 1.54) is 12.8 Å². The van der Waals surface area contributed by atoms with Gasteiger partial charge in [-0.25, -0.2) is 0 Å². The highest BCUT2D eigenvalue weighted by molar-refractivity contribution is 7.99. The van der Waals surface area contributed by atoms with Crippen LogP contribution in [0.4, 0.5) is 0 Å². The van der Waals surface area contributed by atoms with Crippen LogP contribution in [-0.2, 0) is 4.79 Å². The SMILES string of the molecule is CCCCSCC(=O)N1CC(O)(CC)C1. The smallest absolute Gasteiger partial charge is 0.232 e. The van der Waals surface area contributed by atoms with Crippen LogP contribution in [0.3, 0.4) is 0 Å². The molecule has 1 amide bonds. The van der Waals surface area contributed by atoms with Crippen molar-refractivity contribution in [3.63, 3.8) is 0 Å². The number of hydrogen-bond acceptors (Lipinski definition) is 3. The van der Waals surface area contributed by atoms with Gasteiger partial charge in [-0.1, -0.05) is 20.3 Å². The summed E-state index contributed by atoms with van der Waals surface area (Å²) in [6.07, 6.45) is 3.09. The van der Waals surface area contributed by atoms with Crippen molar-refractivity contribution in [3.05, 3.63) is 0 Å². The first-order valence-corrected chi connectivity index (χ1v) is 6.84. The Morgan fingerprint density at radius 2 is 2.13 bits per heavy atom. The van der Waals surface area contributed by atoms with E-state index in [9.17, 15) is 9.90 Å². The van der Waals surface area contributed by atoms with Crippen molar-refractivity contribution in [2.75, 3.05) is 24.6 Å². The van der Waals surface area contributed by atoms with Crippen LogP contribution < -0.4 is 0 Å². The quantitative estimate of drug-likeness (QED) is 0.704. The molecule has 0 saturated carbocycles. The molecule has 1 aliphatic rings. The van der Waals surface area contributed by atoms with Gasteiger partial charge in [-0.2, -0.15) is 11.8 Å². The van der Waals surface area contributed by atoms with Crippen molar-refractivity contribution in [1.29, 1.82) is 0 Å². The zero-order valence-corrected chi connectivity index (χ0v) is 10.5. The van der Waals surface area contributed by atoms with E-state index in [-0.39, 0.29) is 5.91 Å². The number of amides is 1. The predicted octanol–water partition coefficient (Wildman–Crippen LogP) is 1.50. The summed E-state index contributed by atoms with van der Waals surface area (Å²) in [5.41, 5.74) is -0.594. The second-order valence-electron chi connectivity index (χ2n) is 4.23. The summed E-state index contributed by atoms with van der Waals surface area (Å²) in [7, 11) is 0. The molecule has 4 heteroatoms. The van der Waals surface area contributed by atoms with Gasteiger partial charge in [0.15, 0.2) is 0 Å². The Kier molecular flexibility index (Phi) is 4.93. The van der Waals surface area contributed by atoms with E-state index in [1.807, 2.05) is 6.92 Å². The van der Waals surface area contributed by atoms with Gasteiger partial charge >= 0.3 is 0 Å². The number of carbonyl (C=O) groups excluding carboxylic acids is 1. The molecule has 1 fully saturated rings. The van der Waals surface area contributed by atoms with Crippen LogP contribution in [0.5, 0.6) is 0 Å². The molecule has 0 radical (unpaired) electrons. The molecular weight excluding hydrogens is 210 g/mol. The Morgan fingerprint density at radius 3 is 2.67 bits per heavy atom. The fraction of sp³-hybridized carbons (Fsp3) is 0.909. The molecular formula is C11H21NO2S. The van der Waals surface area contributed by atoms with Crippen molar-refractivity contribution in [3.8, 4) is 0 Å². The van der Waals surface area contributed by atoms with Crippen molar-refractivity contribution in [2.24, 2.45) is 0 Å². The van der Waals surface area contributed by atoms with E-state index >= 15 is 0 Å². The Labute approximate surface area is 96.2 Å². The number of β-amino-alcohol motifs (C(OH)–C–C–N with tert-alkyl or cyclic N) is 1. The lowest BCUT2D eigenvalue weighted by molar-refractivity contribution is -0.152. The second-order valence-corrected chi connectivity index (χ2v) is 5.34. The molecule has 88 valence electrons. The number of carbonyl (C=O) groups is 1. The van der Waals surface area contributed by atoms with Gasteiger partial charge in [-0.3, -0.25) is 4.79 Å². The summed E-state index contributed by atoms with van der Waals surface area (Å²) in [5.74, 6) is 1.81. The Morgan fingerprint density at radius 1 is 1.47 bits per heavy atom. The highest BCUT2D eigenvalue weighted by Crippen LogP contribution is 2.24. The second kappa shape index (κ2) is 5.75. The van der Waals surface area contributed by atoms with Gasteiger partial charge in [0.2, 0.25) is 5.91 Å². The lowest BCUT2D eigenvalue weighted by Gasteiger charge is -2.46. The van der Waals surface area contributed by atoms with Crippen LogP contribution in [-0.4, -0.2) is 46.1 Å². The molecule has 15 heavy (non-hydrogen) atoms. The molecule has 3 nitrogen and oxygen atoms in total. The minimum Gasteiger partial charge on any atom is -0.386 e. The molecule has 0 unspecified atom stereocenters. The standard InChI is InChI=1S/C11H21NO2S/c1-3-5-6-15-7-10(13)12-8-11(14,4-2)9-12/h14H,3-9H2,1-2H3. The maximum absolute atomic E-state index is 11.6. The van der Waals surface area contributed by atoms with Crippen LogP contribution in [0.15, 0.2) is 0 Å². The molecule has 0 atom stereocenters. The molecule has 0 aromatic carbocycles. The average molecular weight is 231 g/mol. The third-order valence-electron chi connectivity index (χ3n) is 2.85. The fourth-order valence-electron chi connectivity index (χ4n) is 1.56. The van der Waals surface area contributed by atoms with Crippen LogP contribution in [0.25, 0.3) is 0 Å². The van der Waals surface area contributed by atoms with Crippen LogP contribution in [0, 0.1) is 0 Å². The molecule has 1 rings (SSSR count). The summed E-state index contributed by atoms with van der Waals surface area (Å²) in [6.45, 7) is 5.16. The first-order valence-electron chi connectivity index (χ1n) is 5.69. The van der Waals surface area contributed by atoms with Crippen molar-refractivity contribution in [1.82, 2.24) is 4.90 Å². The molecule has 1 N–H and O–H groups in total. The Balaban J connectivity index is 2.10. The third-order valence-corrected chi connectivity index (χ3v) is 3.88. The molecule has 1 aliphatic heterocycles. The van der Waals surface area contributed by atoms with E-state index in [4.69, 9.17) is 0 Å². The number of aliphatic hydroxyl groups is 1. The number of nitrogens with zero attached hydrogens (tertiary/aromatic N) is 1. The maximum Gasteiger partial charge on any atom is 0.232 e. The van der Waals surface area contributed by atoms with Crippen LogP contribution in [0.2, 0.25) is 0 Å². The van der Waals surface area contributed by atoms with E-state index in [0.29, 0.717) is 18.8 Å². The summed E-state index contributed by atoms with van der Waals surface area (Å²) in [5, 5.41) is 9.75. The number of rotatable bonds is 6. The predicted molar refractivity (Wildman–Crippen MR) is 64.1 cm³/mol. The lowest BCUT2D eigenvalue weighted by Crippen LogP contribution is -2.63. The number of unbranched alkanes of at least 4 members (excludes halogenated alkanes) is 1. The van der Waals surface area contributed by atoms with Crippen molar-refractivity contribution in [2.45, 2.75) is 38.7 Å². The monoisotopic (exact) mass is 231 g/mol. The lowest BCUT2D eigenvalue weighted by atomic mass is 9.91. The van der Waals surface area contributed by atoms with Gasteiger partial charge in [0.05, 0.1) is 24.4 Å². The minimum absolute atomic E-state index is 0.175. The zero-order valence-electron chi connectivity index (χ0n) is 9.66. The molecule has 1 saturated heterocycles. The average Bonchev–Trinajstić information content (AvgIpc) is 2.19. The highest BCUT2D eigenvalue weighted by atomic mass is 32.2. The highest BCUT2D eigenvalue weighted by Gasteiger charge is 2.41. The van der Waals surface area contributed by atoms with Crippen molar-refractivity contribution < 1.29 is 9.90 Å².